The third kappa shape index (κ3) is 2.65. The molecule has 0 unspecified atom stereocenters. The van der Waals surface area contributed by atoms with Crippen molar-refractivity contribution in [2.24, 2.45) is 0 Å². The molecule has 2 atom stereocenters. The number of aliphatic hydroxyl groups excluding tert-OH is 1. The van der Waals surface area contributed by atoms with Gasteiger partial charge in [0.15, 0.2) is 5.76 Å². The number of likely N-dealkylation sites (N-methyl/N-ethyl adjacent to an activating group) is 1. The highest BCUT2D eigenvalue weighted by Crippen LogP contribution is 2.27. The molecule has 1 N–H and O–H groups in total. The van der Waals surface area contributed by atoms with Crippen molar-refractivity contribution in [3.05, 3.63) is 48.4 Å². The molecule has 22 heavy (non-hydrogen) atoms. The Hall–Kier alpha value is -2.11. The Kier molecular flexibility index (Phi) is 4.00. The molecule has 5 nitrogen and oxygen atoms in total. The number of aliphatic hydroxyl groups is 1. The number of furan rings is 1. The van der Waals surface area contributed by atoms with Gasteiger partial charge in [-0.05, 0) is 25.7 Å². The van der Waals surface area contributed by atoms with Crippen LogP contribution in [0.3, 0.4) is 0 Å². The second-order valence-electron chi connectivity index (χ2n) is 5.84. The summed E-state index contributed by atoms with van der Waals surface area (Å²) in [5.74, 6) is 0.157. The van der Waals surface area contributed by atoms with Gasteiger partial charge in [0.1, 0.15) is 0 Å². The first-order valence-corrected chi connectivity index (χ1v) is 7.34. The van der Waals surface area contributed by atoms with E-state index in [1.54, 1.807) is 11.0 Å². The van der Waals surface area contributed by atoms with Crippen molar-refractivity contribution in [1.29, 1.82) is 0 Å². The lowest BCUT2D eigenvalue weighted by atomic mass is 10.1. The third-order valence-electron chi connectivity index (χ3n) is 4.15. The summed E-state index contributed by atoms with van der Waals surface area (Å²) in [4.78, 5) is 16.3. The molecule has 1 saturated heterocycles. The Morgan fingerprint density at radius 1 is 1.23 bits per heavy atom. The van der Waals surface area contributed by atoms with Crippen LogP contribution < -0.4 is 0 Å². The van der Waals surface area contributed by atoms with Crippen molar-refractivity contribution < 1.29 is 14.3 Å². The number of β-amino-alcohol motifs (C(OH)–C–C–N with tert-alkyl or cyclic N) is 1. The van der Waals surface area contributed by atoms with Gasteiger partial charge in [0.2, 0.25) is 0 Å². The molecule has 0 bridgehead atoms. The van der Waals surface area contributed by atoms with E-state index in [1.165, 1.54) is 6.26 Å². The average molecular weight is 300 g/mol. The van der Waals surface area contributed by atoms with Gasteiger partial charge < -0.3 is 19.3 Å². The van der Waals surface area contributed by atoms with Crippen molar-refractivity contribution in [2.45, 2.75) is 12.1 Å². The maximum Gasteiger partial charge on any atom is 0.290 e. The topological polar surface area (TPSA) is 56.9 Å². The van der Waals surface area contributed by atoms with Crippen molar-refractivity contribution in [2.75, 3.05) is 27.2 Å². The van der Waals surface area contributed by atoms with Crippen LogP contribution in [0.25, 0.3) is 11.1 Å². The molecule has 0 aliphatic carbocycles. The van der Waals surface area contributed by atoms with E-state index in [0.29, 0.717) is 18.8 Å². The summed E-state index contributed by atoms with van der Waals surface area (Å²) >= 11 is 0. The van der Waals surface area contributed by atoms with Crippen LogP contribution in [0.2, 0.25) is 0 Å². The summed E-state index contributed by atoms with van der Waals surface area (Å²) in [5, 5.41) is 10.1. The van der Waals surface area contributed by atoms with E-state index in [9.17, 15) is 9.90 Å². The Morgan fingerprint density at radius 2 is 1.95 bits per heavy atom. The number of hydrogen-bond donors (Lipinski definition) is 1. The lowest BCUT2D eigenvalue weighted by molar-refractivity contribution is 0.0734. The fourth-order valence-electron chi connectivity index (χ4n) is 2.91. The fraction of sp³-hybridized carbons (Fsp3) is 0.353. The molecule has 1 aromatic heterocycles. The molecule has 2 aromatic rings. The minimum Gasteiger partial charge on any atom is -0.459 e. The van der Waals surface area contributed by atoms with E-state index in [4.69, 9.17) is 4.42 Å². The van der Waals surface area contributed by atoms with Crippen LogP contribution in [0.5, 0.6) is 0 Å². The zero-order valence-corrected chi connectivity index (χ0v) is 12.8. The average Bonchev–Trinajstić information content (AvgIpc) is 3.14. The van der Waals surface area contributed by atoms with Crippen molar-refractivity contribution in [1.82, 2.24) is 9.80 Å². The zero-order valence-electron chi connectivity index (χ0n) is 12.8. The Balaban J connectivity index is 1.84. The van der Waals surface area contributed by atoms with Crippen LogP contribution in [0.4, 0.5) is 0 Å². The second-order valence-corrected chi connectivity index (χ2v) is 5.84. The molecule has 1 aliphatic rings. The summed E-state index contributed by atoms with van der Waals surface area (Å²) in [6.45, 7) is 0.832. The zero-order chi connectivity index (χ0) is 15.7. The predicted molar refractivity (Wildman–Crippen MR) is 83.5 cm³/mol. The standard InChI is InChI=1S/C17H20N2O3/c1-18(2)14-10-19(11-15(14)20)17(21)16-13(8-9-22-16)12-6-4-3-5-7-12/h3-9,14-15,20H,10-11H2,1-2H3/t14-,15-/m0/s1. The summed E-state index contributed by atoms with van der Waals surface area (Å²) < 4.78 is 5.44. The van der Waals surface area contributed by atoms with Crippen LogP contribution in [-0.4, -0.2) is 60.1 Å². The Morgan fingerprint density at radius 3 is 2.59 bits per heavy atom. The smallest absolute Gasteiger partial charge is 0.290 e. The monoisotopic (exact) mass is 300 g/mol. The number of benzene rings is 1. The second kappa shape index (κ2) is 5.94. The van der Waals surface area contributed by atoms with E-state index in [2.05, 4.69) is 0 Å². The van der Waals surface area contributed by atoms with Gasteiger partial charge in [-0.15, -0.1) is 0 Å². The van der Waals surface area contributed by atoms with Crippen molar-refractivity contribution >= 4 is 5.91 Å². The first-order valence-electron chi connectivity index (χ1n) is 7.34. The van der Waals surface area contributed by atoms with Crippen molar-refractivity contribution in [3.63, 3.8) is 0 Å². The SMILES string of the molecule is CN(C)[C@H]1CN(C(=O)c2occc2-c2ccccc2)C[C@@H]1O. The van der Waals surface area contributed by atoms with Crippen LogP contribution >= 0.6 is 0 Å². The van der Waals surface area contributed by atoms with Gasteiger partial charge in [-0.2, -0.15) is 0 Å². The highest BCUT2D eigenvalue weighted by molar-refractivity contribution is 5.98. The molecule has 5 heteroatoms. The number of carbonyl (C=O) groups excluding carboxylic acids is 1. The van der Waals surface area contributed by atoms with E-state index >= 15 is 0 Å². The number of likely N-dealkylation sites (tertiary alicyclic amines) is 1. The maximum atomic E-state index is 12.7. The summed E-state index contributed by atoms with van der Waals surface area (Å²) in [5.41, 5.74) is 1.73. The van der Waals surface area contributed by atoms with Crippen molar-refractivity contribution in [3.8, 4) is 11.1 Å². The van der Waals surface area contributed by atoms with E-state index in [0.717, 1.165) is 11.1 Å². The molecule has 3 rings (SSSR count). The van der Waals surface area contributed by atoms with Gasteiger partial charge in [0.05, 0.1) is 18.4 Å². The van der Waals surface area contributed by atoms with Crippen LogP contribution in [0.15, 0.2) is 47.1 Å². The van der Waals surface area contributed by atoms with Gasteiger partial charge in [-0.25, -0.2) is 0 Å². The Labute approximate surface area is 129 Å². The maximum absolute atomic E-state index is 12.7. The molecule has 0 saturated carbocycles. The number of nitrogens with zero attached hydrogens (tertiary/aromatic N) is 2. The quantitative estimate of drug-likeness (QED) is 0.937. The molecule has 0 radical (unpaired) electrons. The lowest BCUT2D eigenvalue weighted by Crippen LogP contribution is -2.38. The first kappa shape index (κ1) is 14.8. The molecule has 116 valence electrons. The largest absolute Gasteiger partial charge is 0.459 e. The Bertz CT molecular complexity index is 651. The normalized spacial score (nSPS) is 21.5. The van der Waals surface area contributed by atoms with Gasteiger partial charge in [0.25, 0.3) is 5.91 Å². The fourth-order valence-corrected chi connectivity index (χ4v) is 2.91. The predicted octanol–water partition coefficient (Wildman–Crippen LogP) is 1.69. The number of rotatable bonds is 3. The lowest BCUT2D eigenvalue weighted by Gasteiger charge is -2.21. The minimum atomic E-state index is -0.533. The molecule has 1 amide bonds. The number of carbonyl (C=O) groups is 1. The van der Waals surface area contributed by atoms with Gasteiger partial charge >= 0.3 is 0 Å². The van der Waals surface area contributed by atoms with E-state index < -0.39 is 6.10 Å². The van der Waals surface area contributed by atoms with Gasteiger partial charge in [-0.1, -0.05) is 30.3 Å². The van der Waals surface area contributed by atoms with Gasteiger partial charge in [0, 0.05) is 18.7 Å². The van der Waals surface area contributed by atoms with Gasteiger partial charge in [-0.3, -0.25) is 4.79 Å². The molecule has 1 fully saturated rings. The first-order chi connectivity index (χ1) is 10.6. The van der Waals surface area contributed by atoms with Crippen LogP contribution in [0, 0.1) is 0 Å². The van der Waals surface area contributed by atoms with Crippen LogP contribution in [0.1, 0.15) is 10.6 Å². The minimum absolute atomic E-state index is 0.0425. The van der Waals surface area contributed by atoms with Crippen LogP contribution in [-0.2, 0) is 0 Å². The molecule has 1 aliphatic heterocycles. The summed E-state index contributed by atoms with van der Waals surface area (Å²) in [6.07, 6.45) is 1.000. The molecular formula is C17H20N2O3. The highest BCUT2D eigenvalue weighted by atomic mass is 16.3. The van der Waals surface area contributed by atoms with E-state index in [-0.39, 0.29) is 11.9 Å². The van der Waals surface area contributed by atoms with E-state index in [1.807, 2.05) is 49.3 Å². The summed E-state index contributed by atoms with van der Waals surface area (Å²) in [6, 6.07) is 11.4. The third-order valence-corrected chi connectivity index (χ3v) is 4.15. The molecular weight excluding hydrogens is 280 g/mol. The number of hydrogen-bond acceptors (Lipinski definition) is 4. The summed E-state index contributed by atoms with van der Waals surface area (Å²) in [7, 11) is 3.81. The molecule has 1 aromatic carbocycles. The number of amides is 1. The molecule has 0 spiro atoms. The molecule has 2 heterocycles. The highest BCUT2D eigenvalue weighted by Gasteiger charge is 2.37.